The molecule has 192 valence electrons. The second kappa shape index (κ2) is 10.9. The van der Waals surface area contributed by atoms with Crippen molar-refractivity contribution in [3.05, 3.63) is 76.3 Å². The topological polar surface area (TPSA) is 84.9 Å². The zero-order chi connectivity index (χ0) is 26.7. The number of sulfonamides is 1. The normalized spacial score (nSPS) is 11.6. The van der Waals surface area contributed by atoms with Crippen LogP contribution in [0, 0.1) is 0 Å². The molecular formula is C23H19Cl2F3N2O5S. The van der Waals surface area contributed by atoms with Crippen molar-refractivity contribution in [2.45, 2.75) is 11.1 Å². The van der Waals surface area contributed by atoms with Gasteiger partial charge >= 0.3 is 6.18 Å². The molecule has 13 heteroatoms. The summed E-state index contributed by atoms with van der Waals surface area (Å²) in [6.07, 6.45) is -4.67. The van der Waals surface area contributed by atoms with Gasteiger partial charge in [0.2, 0.25) is 5.91 Å². The molecule has 7 nitrogen and oxygen atoms in total. The molecule has 3 aromatic carbocycles. The van der Waals surface area contributed by atoms with Gasteiger partial charge in [-0.05, 0) is 54.6 Å². The Hall–Kier alpha value is -3.15. The van der Waals surface area contributed by atoms with Crippen LogP contribution in [0.2, 0.25) is 10.0 Å². The number of rotatable bonds is 8. The van der Waals surface area contributed by atoms with E-state index in [1.807, 2.05) is 0 Å². The van der Waals surface area contributed by atoms with Gasteiger partial charge in [-0.3, -0.25) is 9.10 Å². The van der Waals surface area contributed by atoms with E-state index in [2.05, 4.69) is 5.32 Å². The summed E-state index contributed by atoms with van der Waals surface area (Å²) in [4.78, 5) is 12.6. The summed E-state index contributed by atoms with van der Waals surface area (Å²) in [6, 6.07) is 11.9. The first kappa shape index (κ1) is 27.4. The van der Waals surface area contributed by atoms with Crippen LogP contribution in [0.25, 0.3) is 0 Å². The lowest BCUT2D eigenvalue weighted by Crippen LogP contribution is -2.38. The highest BCUT2D eigenvalue weighted by molar-refractivity contribution is 7.92. The summed E-state index contributed by atoms with van der Waals surface area (Å²) in [7, 11) is -1.66. The fraction of sp³-hybridized carbons (Fsp3) is 0.174. The summed E-state index contributed by atoms with van der Waals surface area (Å²) in [6.45, 7) is -0.787. The van der Waals surface area contributed by atoms with Crippen LogP contribution < -0.4 is 19.1 Å². The Balaban J connectivity index is 1.99. The monoisotopic (exact) mass is 562 g/mol. The van der Waals surface area contributed by atoms with Gasteiger partial charge in [0.25, 0.3) is 10.0 Å². The van der Waals surface area contributed by atoms with Gasteiger partial charge in [-0.1, -0.05) is 23.2 Å². The summed E-state index contributed by atoms with van der Waals surface area (Å²) in [5.74, 6) is -0.517. The number of nitrogens with zero attached hydrogens (tertiary/aromatic N) is 1. The Bertz CT molecular complexity index is 1370. The fourth-order valence-corrected chi connectivity index (χ4v) is 4.87. The van der Waals surface area contributed by atoms with Gasteiger partial charge in [0, 0.05) is 11.1 Å². The largest absolute Gasteiger partial charge is 0.493 e. The van der Waals surface area contributed by atoms with Crippen molar-refractivity contribution in [2.24, 2.45) is 0 Å². The predicted octanol–water partition coefficient (Wildman–Crippen LogP) is 5.86. The summed E-state index contributed by atoms with van der Waals surface area (Å²) < 4.78 is 77.5. The lowest BCUT2D eigenvalue weighted by molar-refractivity contribution is -0.137. The van der Waals surface area contributed by atoms with Gasteiger partial charge in [-0.2, -0.15) is 13.2 Å². The minimum atomic E-state index is -4.67. The molecule has 3 rings (SSSR count). The molecule has 0 aliphatic rings. The van der Waals surface area contributed by atoms with Gasteiger partial charge in [0.05, 0.1) is 41.1 Å². The molecule has 0 aliphatic carbocycles. The highest BCUT2D eigenvalue weighted by Gasteiger charge is 2.32. The van der Waals surface area contributed by atoms with Crippen LogP contribution in [0.4, 0.5) is 24.5 Å². The number of benzene rings is 3. The summed E-state index contributed by atoms with van der Waals surface area (Å²) >= 11 is 11.9. The van der Waals surface area contributed by atoms with Crippen molar-refractivity contribution in [2.75, 3.05) is 30.4 Å². The maximum absolute atomic E-state index is 13.6. The Labute approximate surface area is 215 Å². The average molecular weight is 563 g/mol. The molecule has 0 spiro atoms. The fourth-order valence-electron chi connectivity index (χ4n) is 3.14. The maximum Gasteiger partial charge on any atom is 0.416 e. The van der Waals surface area contributed by atoms with Gasteiger partial charge in [-0.15, -0.1) is 0 Å². The van der Waals surface area contributed by atoms with Crippen LogP contribution in [0.15, 0.2) is 65.6 Å². The maximum atomic E-state index is 13.6. The number of alkyl halides is 3. The lowest BCUT2D eigenvalue weighted by Gasteiger charge is -2.25. The number of halogens is 5. The Morgan fingerprint density at radius 3 is 2.17 bits per heavy atom. The van der Waals surface area contributed by atoms with E-state index >= 15 is 0 Å². The first-order valence-corrected chi connectivity index (χ1v) is 12.2. The van der Waals surface area contributed by atoms with Gasteiger partial charge in [0.15, 0.2) is 11.5 Å². The van der Waals surface area contributed by atoms with Crippen molar-refractivity contribution in [3.63, 3.8) is 0 Å². The number of carbonyl (C=O) groups is 1. The van der Waals surface area contributed by atoms with Crippen LogP contribution in [-0.2, 0) is 21.0 Å². The summed E-state index contributed by atoms with van der Waals surface area (Å²) in [5, 5.41) is 2.42. The van der Waals surface area contributed by atoms with E-state index in [9.17, 15) is 26.4 Å². The van der Waals surface area contributed by atoms with E-state index in [4.69, 9.17) is 32.7 Å². The number of nitrogens with one attached hydrogen (secondary N) is 1. The second-order valence-electron chi connectivity index (χ2n) is 7.25. The minimum absolute atomic E-state index is 0.0828. The third kappa shape index (κ3) is 6.15. The molecule has 0 radical (unpaired) electrons. The molecule has 0 heterocycles. The van der Waals surface area contributed by atoms with Crippen LogP contribution >= 0.6 is 23.2 Å². The highest BCUT2D eigenvalue weighted by Crippen LogP contribution is 2.35. The quantitative estimate of drug-likeness (QED) is 0.371. The molecule has 1 N–H and O–H groups in total. The third-order valence-electron chi connectivity index (χ3n) is 4.91. The van der Waals surface area contributed by atoms with E-state index in [-0.39, 0.29) is 32.8 Å². The SMILES string of the molecule is COc1ccc(S(=O)(=O)N(CC(=O)Nc2cc(C(F)(F)F)ccc2Cl)c2ccc(Cl)cc2)cc1OC. The van der Waals surface area contributed by atoms with E-state index < -0.39 is 34.2 Å². The first-order valence-electron chi connectivity index (χ1n) is 10.0. The van der Waals surface area contributed by atoms with Gasteiger partial charge in [-0.25, -0.2) is 8.42 Å². The molecule has 0 aromatic heterocycles. The van der Waals surface area contributed by atoms with Crippen LogP contribution in [-0.4, -0.2) is 35.1 Å². The van der Waals surface area contributed by atoms with E-state index in [0.717, 1.165) is 16.4 Å². The number of amides is 1. The second-order valence-corrected chi connectivity index (χ2v) is 9.95. The van der Waals surface area contributed by atoms with Crippen molar-refractivity contribution in [3.8, 4) is 11.5 Å². The molecule has 0 atom stereocenters. The highest BCUT2D eigenvalue weighted by atomic mass is 35.5. The van der Waals surface area contributed by atoms with Crippen molar-refractivity contribution < 1.29 is 35.9 Å². The van der Waals surface area contributed by atoms with Crippen LogP contribution in [0.1, 0.15) is 5.56 Å². The standard InChI is InChI=1S/C23H19Cl2F3N2O5S/c1-34-20-10-8-17(12-21(20)35-2)36(32,33)30(16-6-4-15(24)5-7-16)13-22(31)29-19-11-14(23(26,27)28)3-9-18(19)25/h3-12H,13H2,1-2H3,(H,29,31). The predicted molar refractivity (Wildman–Crippen MR) is 131 cm³/mol. The molecule has 0 saturated heterocycles. The van der Waals surface area contributed by atoms with Crippen molar-refractivity contribution in [1.82, 2.24) is 0 Å². The van der Waals surface area contributed by atoms with Gasteiger partial charge in [0.1, 0.15) is 6.54 Å². The van der Waals surface area contributed by atoms with Crippen LogP contribution in [0.3, 0.4) is 0 Å². The third-order valence-corrected chi connectivity index (χ3v) is 7.26. The molecule has 0 fully saturated rings. The Morgan fingerprint density at radius 1 is 0.944 bits per heavy atom. The Morgan fingerprint density at radius 2 is 1.58 bits per heavy atom. The van der Waals surface area contributed by atoms with Crippen LogP contribution in [0.5, 0.6) is 11.5 Å². The first-order chi connectivity index (χ1) is 16.9. The number of anilines is 2. The zero-order valence-corrected chi connectivity index (χ0v) is 21.1. The molecular weight excluding hydrogens is 544 g/mol. The molecule has 1 amide bonds. The molecule has 3 aromatic rings. The van der Waals surface area contributed by atoms with Crippen molar-refractivity contribution >= 4 is 50.5 Å². The smallest absolute Gasteiger partial charge is 0.416 e. The number of carbonyl (C=O) groups excluding carboxylic acids is 1. The molecule has 0 saturated carbocycles. The van der Waals surface area contributed by atoms with E-state index in [0.29, 0.717) is 11.1 Å². The molecule has 0 aliphatic heterocycles. The van der Waals surface area contributed by atoms with E-state index in [1.54, 1.807) is 0 Å². The lowest BCUT2D eigenvalue weighted by atomic mass is 10.2. The Kier molecular flexibility index (Phi) is 8.27. The number of ether oxygens (including phenoxy) is 2. The summed E-state index contributed by atoms with van der Waals surface area (Å²) in [5.41, 5.74) is -1.27. The average Bonchev–Trinajstić information content (AvgIpc) is 2.83. The number of methoxy groups -OCH3 is 2. The molecule has 0 unspecified atom stereocenters. The van der Waals surface area contributed by atoms with Gasteiger partial charge < -0.3 is 14.8 Å². The van der Waals surface area contributed by atoms with Crippen molar-refractivity contribution in [1.29, 1.82) is 0 Å². The number of hydrogen-bond donors (Lipinski definition) is 1. The minimum Gasteiger partial charge on any atom is -0.493 e. The molecule has 0 bridgehead atoms. The molecule has 36 heavy (non-hydrogen) atoms. The zero-order valence-electron chi connectivity index (χ0n) is 18.8. The van der Waals surface area contributed by atoms with E-state index in [1.165, 1.54) is 56.7 Å². The number of hydrogen-bond acceptors (Lipinski definition) is 5.